The van der Waals surface area contributed by atoms with Crippen LogP contribution in [-0.2, 0) is 23.7 Å². The van der Waals surface area contributed by atoms with Crippen LogP contribution in [-0.4, -0.2) is 69.6 Å². The van der Waals surface area contributed by atoms with Gasteiger partial charge >= 0.3 is 5.97 Å². The maximum absolute atomic E-state index is 12.1. The molecule has 4 aliphatic heterocycles. The van der Waals surface area contributed by atoms with E-state index in [1.54, 1.807) is 0 Å². The number of carbonyl (C=O) groups is 1. The maximum Gasteiger partial charge on any atom is 0.334 e. The second kappa shape index (κ2) is 3.87. The third-order valence-electron chi connectivity index (χ3n) is 9.27. The molecule has 0 aromatic rings. The number of rotatable bonds is 1. The van der Waals surface area contributed by atoms with E-state index in [0.29, 0.717) is 30.4 Å². The van der Waals surface area contributed by atoms with Crippen molar-refractivity contribution < 1.29 is 34.0 Å². The summed E-state index contributed by atoms with van der Waals surface area (Å²) in [5.74, 6) is -0.165. The molecule has 0 aromatic carbocycles. The van der Waals surface area contributed by atoms with Crippen LogP contribution in [0.2, 0.25) is 0 Å². The number of ether oxygens (including phenoxy) is 4. The van der Waals surface area contributed by atoms with Gasteiger partial charge in [0, 0.05) is 23.0 Å². The van der Waals surface area contributed by atoms with Crippen molar-refractivity contribution in [3.8, 4) is 0 Å². The zero-order chi connectivity index (χ0) is 18.8. The van der Waals surface area contributed by atoms with E-state index in [0.717, 1.165) is 0 Å². The Labute approximate surface area is 156 Å². The standard InChI is InChI=1S/C20H24O7/c1-8(2)18-12(26-18)13-20(27-13)16(3)5-4-9-10(7-24-14(9)21)17(16,23)6-11-19(20,25-11)15(18)22/h8,11-13,15,22-23H,4-7H2,1-3H3. The zero-order valence-electron chi connectivity index (χ0n) is 15.7. The summed E-state index contributed by atoms with van der Waals surface area (Å²) in [4.78, 5) is 12.1. The topological polar surface area (TPSA) is 104 Å². The van der Waals surface area contributed by atoms with Crippen molar-refractivity contribution in [3.63, 3.8) is 0 Å². The number of aliphatic hydroxyl groups is 2. The van der Waals surface area contributed by atoms with Gasteiger partial charge in [0.25, 0.3) is 0 Å². The van der Waals surface area contributed by atoms with Crippen molar-refractivity contribution in [1.82, 2.24) is 0 Å². The first-order valence-corrected chi connectivity index (χ1v) is 10.0. The number of aliphatic hydroxyl groups excluding tert-OH is 1. The van der Waals surface area contributed by atoms with Crippen LogP contribution in [0.1, 0.15) is 40.0 Å². The van der Waals surface area contributed by atoms with Crippen LogP contribution in [0, 0.1) is 11.3 Å². The highest BCUT2D eigenvalue weighted by Gasteiger charge is 3.02. The normalized spacial score (nSPS) is 64.0. The molecule has 146 valence electrons. The smallest absolute Gasteiger partial charge is 0.334 e. The van der Waals surface area contributed by atoms with E-state index in [4.69, 9.17) is 18.9 Å². The average Bonchev–Trinajstić information content (AvgIpc) is 3.49. The number of hydrogen-bond donors (Lipinski definition) is 2. The Morgan fingerprint density at radius 1 is 1.19 bits per heavy atom. The lowest BCUT2D eigenvalue weighted by molar-refractivity contribution is -0.162. The molecule has 27 heavy (non-hydrogen) atoms. The maximum atomic E-state index is 12.1. The molecule has 4 heterocycles. The van der Waals surface area contributed by atoms with E-state index in [2.05, 4.69) is 13.8 Å². The van der Waals surface area contributed by atoms with Gasteiger partial charge in [-0.15, -0.1) is 0 Å². The molecule has 5 fully saturated rings. The highest BCUT2D eigenvalue weighted by molar-refractivity contribution is 5.93. The molecule has 0 amide bonds. The predicted octanol–water partition coefficient (Wildman–Crippen LogP) is 0.218. The number of epoxide rings is 3. The Balaban J connectivity index is 1.42. The molecule has 2 N–H and O–H groups in total. The number of carbonyl (C=O) groups excluding carboxylic acids is 1. The van der Waals surface area contributed by atoms with Crippen molar-refractivity contribution in [2.24, 2.45) is 11.3 Å². The highest BCUT2D eigenvalue weighted by Crippen LogP contribution is 2.83. The summed E-state index contributed by atoms with van der Waals surface area (Å²) < 4.78 is 24.0. The number of esters is 1. The summed E-state index contributed by atoms with van der Waals surface area (Å²) in [6.45, 7) is 6.30. The van der Waals surface area contributed by atoms with Gasteiger partial charge in [0.2, 0.25) is 0 Å². The number of fused-ring (bicyclic) bond motifs is 4. The molecule has 9 unspecified atom stereocenters. The average molecular weight is 376 g/mol. The third kappa shape index (κ3) is 1.20. The summed E-state index contributed by atoms with van der Waals surface area (Å²) >= 11 is 0. The lowest BCUT2D eigenvalue weighted by Crippen LogP contribution is -2.74. The Morgan fingerprint density at radius 2 is 1.96 bits per heavy atom. The molecule has 0 aromatic heterocycles. The molecule has 0 radical (unpaired) electrons. The van der Waals surface area contributed by atoms with Gasteiger partial charge in [-0.05, 0) is 18.8 Å². The SMILES string of the molecule is CC(C)C12OC1C1OC13C1(OC1CC1(O)C4=C(CCC13C)C(=O)OC4)C2O. The van der Waals surface area contributed by atoms with Gasteiger partial charge in [-0.1, -0.05) is 20.8 Å². The van der Waals surface area contributed by atoms with Gasteiger partial charge in [-0.25, -0.2) is 4.79 Å². The van der Waals surface area contributed by atoms with Crippen LogP contribution < -0.4 is 0 Å². The Bertz CT molecular complexity index is 866. The van der Waals surface area contributed by atoms with Gasteiger partial charge < -0.3 is 29.2 Å². The van der Waals surface area contributed by atoms with Crippen LogP contribution in [0.4, 0.5) is 0 Å². The van der Waals surface area contributed by atoms with Crippen molar-refractivity contribution in [3.05, 3.63) is 11.1 Å². The van der Waals surface area contributed by atoms with E-state index in [1.165, 1.54) is 0 Å². The molecule has 3 saturated heterocycles. The molecule has 0 bridgehead atoms. The van der Waals surface area contributed by atoms with Gasteiger partial charge in [-0.2, -0.15) is 0 Å². The summed E-state index contributed by atoms with van der Waals surface area (Å²) in [5, 5.41) is 23.4. The second-order valence-corrected chi connectivity index (χ2v) is 10.1. The molecule has 7 rings (SSSR count). The molecular weight excluding hydrogens is 352 g/mol. The second-order valence-electron chi connectivity index (χ2n) is 10.1. The van der Waals surface area contributed by atoms with E-state index in [9.17, 15) is 15.0 Å². The monoisotopic (exact) mass is 376 g/mol. The Kier molecular flexibility index (Phi) is 2.28. The first-order chi connectivity index (χ1) is 12.7. The quantitative estimate of drug-likeness (QED) is 0.498. The molecule has 9 atom stereocenters. The number of hydrogen-bond acceptors (Lipinski definition) is 7. The minimum Gasteiger partial charge on any atom is -0.458 e. The molecular formula is C20H24O7. The molecule has 7 heteroatoms. The van der Waals surface area contributed by atoms with E-state index < -0.39 is 33.9 Å². The van der Waals surface area contributed by atoms with Crippen molar-refractivity contribution >= 4 is 5.97 Å². The molecule has 7 nitrogen and oxygen atoms in total. The minimum absolute atomic E-state index is 0.138. The Hall–Kier alpha value is -0.990. The lowest BCUT2D eigenvalue weighted by atomic mass is 9.45. The summed E-state index contributed by atoms with van der Waals surface area (Å²) in [6, 6.07) is 0. The first kappa shape index (κ1) is 15.9. The van der Waals surface area contributed by atoms with Gasteiger partial charge in [0.15, 0.2) is 5.60 Å². The summed E-state index contributed by atoms with van der Waals surface area (Å²) in [5.41, 5.74) is -2.79. The highest BCUT2D eigenvalue weighted by atomic mass is 16.7. The van der Waals surface area contributed by atoms with Crippen LogP contribution in [0.3, 0.4) is 0 Å². The number of cyclic esters (lactones) is 1. The van der Waals surface area contributed by atoms with E-state index in [-0.39, 0.29) is 36.8 Å². The fourth-order valence-corrected chi connectivity index (χ4v) is 7.70. The van der Waals surface area contributed by atoms with Crippen LogP contribution in [0.15, 0.2) is 11.1 Å². The van der Waals surface area contributed by atoms with Crippen LogP contribution in [0.5, 0.6) is 0 Å². The van der Waals surface area contributed by atoms with Crippen LogP contribution in [0.25, 0.3) is 0 Å². The van der Waals surface area contributed by atoms with E-state index in [1.807, 2.05) is 6.92 Å². The molecule has 3 aliphatic carbocycles. The Morgan fingerprint density at radius 3 is 2.70 bits per heavy atom. The first-order valence-electron chi connectivity index (χ1n) is 10.0. The summed E-state index contributed by atoms with van der Waals surface area (Å²) in [6.07, 6.45) is 0.0647. The van der Waals surface area contributed by atoms with Gasteiger partial charge in [0.05, 0.1) is 6.10 Å². The predicted molar refractivity (Wildman–Crippen MR) is 88.5 cm³/mol. The van der Waals surface area contributed by atoms with Gasteiger partial charge in [-0.3, -0.25) is 0 Å². The van der Waals surface area contributed by atoms with E-state index >= 15 is 0 Å². The molecule has 2 saturated carbocycles. The minimum atomic E-state index is -1.22. The largest absolute Gasteiger partial charge is 0.458 e. The van der Waals surface area contributed by atoms with Crippen LogP contribution >= 0.6 is 0 Å². The van der Waals surface area contributed by atoms with Crippen molar-refractivity contribution in [2.45, 2.75) is 86.9 Å². The van der Waals surface area contributed by atoms with Gasteiger partial charge in [0.1, 0.15) is 41.7 Å². The fourth-order valence-electron chi connectivity index (χ4n) is 7.70. The molecule has 2 spiro atoms. The van der Waals surface area contributed by atoms with Crippen molar-refractivity contribution in [2.75, 3.05) is 6.61 Å². The third-order valence-corrected chi connectivity index (χ3v) is 9.27. The molecule has 7 aliphatic rings. The lowest BCUT2D eigenvalue weighted by Gasteiger charge is -2.57. The summed E-state index contributed by atoms with van der Waals surface area (Å²) in [7, 11) is 0. The zero-order valence-corrected chi connectivity index (χ0v) is 15.7. The fraction of sp³-hybridized carbons (Fsp3) is 0.850. The van der Waals surface area contributed by atoms with Crippen molar-refractivity contribution in [1.29, 1.82) is 0 Å².